The standard InChI is InChI=1S/C14H21NO4/c1-8-5-12(9(2)10(3)14(8)19-4)15-7-11(16)6-13(17)18/h5,11,15-16H,6-7H2,1-4H3,(H,17,18). The second-order valence-corrected chi connectivity index (χ2v) is 4.66. The molecule has 1 atom stereocenters. The summed E-state index contributed by atoms with van der Waals surface area (Å²) < 4.78 is 5.33. The summed E-state index contributed by atoms with van der Waals surface area (Å²) >= 11 is 0. The van der Waals surface area contributed by atoms with Gasteiger partial charge < -0.3 is 20.3 Å². The van der Waals surface area contributed by atoms with Crippen molar-refractivity contribution in [2.45, 2.75) is 33.3 Å². The lowest BCUT2D eigenvalue weighted by Gasteiger charge is -2.18. The molecular formula is C14H21NO4. The van der Waals surface area contributed by atoms with Crippen molar-refractivity contribution in [2.24, 2.45) is 0 Å². The molecule has 0 saturated carbocycles. The van der Waals surface area contributed by atoms with Crippen molar-refractivity contribution in [2.75, 3.05) is 19.0 Å². The molecule has 0 aliphatic carbocycles. The number of aliphatic hydroxyl groups is 1. The zero-order chi connectivity index (χ0) is 14.6. The van der Waals surface area contributed by atoms with Gasteiger partial charge in [0.1, 0.15) is 5.75 Å². The summed E-state index contributed by atoms with van der Waals surface area (Å²) in [7, 11) is 1.64. The summed E-state index contributed by atoms with van der Waals surface area (Å²) in [5.41, 5.74) is 3.96. The van der Waals surface area contributed by atoms with Gasteiger partial charge in [-0.15, -0.1) is 0 Å². The van der Waals surface area contributed by atoms with Crippen LogP contribution < -0.4 is 10.1 Å². The molecule has 0 radical (unpaired) electrons. The highest BCUT2D eigenvalue weighted by atomic mass is 16.5. The molecule has 0 aliphatic rings. The van der Waals surface area contributed by atoms with Crippen molar-refractivity contribution in [3.8, 4) is 5.75 Å². The van der Waals surface area contributed by atoms with Crippen LogP contribution in [0.4, 0.5) is 5.69 Å². The molecule has 1 rings (SSSR count). The SMILES string of the molecule is COc1c(C)cc(NCC(O)CC(=O)O)c(C)c1C. The van der Waals surface area contributed by atoms with Crippen LogP contribution in [0.15, 0.2) is 6.07 Å². The molecule has 19 heavy (non-hydrogen) atoms. The molecule has 0 spiro atoms. The van der Waals surface area contributed by atoms with Crippen LogP contribution in [0.2, 0.25) is 0 Å². The number of anilines is 1. The van der Waals surface area contributed by atoms with E-state index < -0.39 is 12.1 Å². The van der Waals surface area contributed by atoms with Gasteiger partial charge in [-0.3, -0.25) is 4.79 Å². The van der Waals surface area contributed by atoms with E-state index in [1.54, 1.807) is 7.11 Å². The minimum Gasteiger partial charge on any atom is -0.496 e. The average Bonchev–Trinajstić information content (AvgIpc) is 2.32. The topological polar surface area (TPSA) is 78.8 Å². The number of carbonyl (C=O) groups is 1. The molecule has 1 unspecified atom stereocenters. The molecule has 0 saturated heterocycles. The Labute approximate surface area is 113 Å². The molecule has 106 valence electrons. The molecule has 0 bridgehead atoms. The maximum absolute atomic E-state index is 10.5. The fourth-order valence-electron chi connectivity index (χ4n) is 2.06. The molecule has 5 heteroatoms. The summed E-state index contributed by atoms with van der Waals surface area (Å²) in [5, 5.41) is 21.2. The molecule has 0 fully saturated rings. The van der Waals surface area contributed by atoms with Crippen LogP contribution in [0.3, 0.4) is 0 Å². The molecule has 0 aromatic heterocycles. The Hall–Kier alpha value is -1.75. The zero-order valence-electron chi connectivity index (χ0n) is 11.8. The molecule has 0 aliphatic heterocycles. The van der Waals surface area contributed by atoms with Crippen LogP contribution in [0.25, 0.3) is 0 Å². The Morgan fingerprint density at radius 2 is 2.00 bits per heavy atom. The van der Waals surface area contributed by atoms with E-state index >= 15 is 0 Å². The van der Waals surface area contributed by atoms with Crippen molar-refractivity contribution in [1.82, 2.24) is 0 Å². The number of nitrogens with one attached hydrogen (secondary N) is 1. The van der Waals surface area contributed by atoms with Crippen molar-refractivity contribution < 1.29 is 19.7 Å². The van der Waals surface area contributed by atoms with Gasteiger partial charge in [0, 0.05) is 12.2 Å². The predicted molar refractivity (Wildman–Crippen MR) is 74.0 cm³/mol. The predicted octanol–water partition coefficient (Wildman–Crippen LogP) is 1.87. The Morgan fingerprint density at radius 3 is 2.53 bits per heavy atom. The van der Waals surface area contributed by atoms with Crippen molar-refractivity contribution in [3.05, 3.63) is 22.8 Å². The lowest BCUT2D eigenvalue weighted by Crippen LogP contribution is -2.23. The number of carboxylic acid groups (broad SMARTS) is 1. The van der Waals surface area contributed by atoms with Gasteiger partial charge in [0.15, 0.2) is 0 Å². The number of ether oxygens (including phenoxy) is 1. The summed E-state index contributed by atoms with van der Waals surface area (Å²) in [6, 6.07) is 1.94. The average molecular weight is 267 g/mol. The number of benzene rings is 1. The van der Waals surface area contributed by atoms with Crippen LogP contribution in [0.1, 0.15) is 23.1 Å². The number of aliphatic hydroxyl groups excluding tert-OH is 1. The third-order valence-corrected chi connectivity index (χ3v) is 3.17. The molecule has 0 heterocycles. The normalized spacial score (nSPS) is 12.1. The first-order valence-corrected chi connectivity index (χ1v) is 6.15. The smallest absolute Gasteiger partial charge is 0.306 e. The first-order valence-electron chi connectivity index (χ1n) is 6.15. The summed E-state index contributed by atoms with van der Waals surface area (Å²) in [5.74, 6) is -0.151. The zero-order valence-corrected chi connectivity index (χ0v) is 11.8. The summed E-state index contributed by atoms with van der Waals surface area (Å²) in [4.78, 5) is 10.5. The Kier molecular flexibility index (Phi) is 5.18. The molecule has 1 aromatic carbocycles. The fourth-order valence-corrected chi connectivity index (χ4v) is 2.06. The van der Waals surface area contributed by atoms with Gasteiger partial charge in [-0.05, 0) is 43.5 Å². The first-order chi connectivity index (χ1) is 8.86. The monoisotopic (exact) mass is 267 g/mol. The van der Waals surface area contributed by atoms with E-state index in [2.05, 4.69) is 5.32 Å². The third kappa shape index (κ3) is 3.86. The van der Waals surface area contributed by atoms with Crippen LogP contribution in [0, 0.1) is 20.8 Å². The number of aryl methyl sites for hydroxylation is 1. The van der Waals surface area contributed by atoms with E-state index in [0.717, 1.165) is 28.1 Å². The van der Waals surface area contributed by atoms with Gasteiger partial charge in [0.25, 0.3) is 0 Å². The largest absolute Gasteiger partial charge is 0.496 e. The van der Waals surface area contributed by atoms with E-state index in [1.807, 2.05) is 26.8 Å². The molecular weight excluding hydrogens is 246 g/mol. The van der Waals surface area contributed by atoms with Gasteiger partial charge in [-0.1, -0.05) is 0 Å². The minimum absolute atomic E-state index is 0.207. The third-order valence-electron chi connectivity index (χ3n) is 3.17. The van der Waals surface area contributed by atoms with Crippen LogP contribution in [-0.4, -0.2) is 35.9 Å². The quantitative estimate of drug-likeness (QED) is 0.733. The van der Waals surface area contributed by atoms with Crippen molar-refractivity contribution >= 4 is 11.7 Å². The Bertz CT molecular complexity index is 471. The molecule has 5 nitrogen and oxygen atoms in total. The Morgan fingerprint density at radius 1 is 1.37 bits per heavy atom. The van der Waals surface area contributed by atoms with E-state index in [1.165, 1.54) is 0 Å². The van der Waals surface area contributed by atoms with Crippen LogP contribution in [-0.2, 0) is 4.79 Å². The summed E-state index contributed by atoms with van der Waals surface area (Å²) in [6.07, 6.45) is -1.17. The highest BCUT2D eigenvalue weighted by molar-refractivity contribution is 5.67. The van der Waals surface area contributed by atoms with Gasteiger partial charge >= 0.3 is 5.97 Å². The second kappa shape index (κ2) is 6.43. The minimum atomic E-state index is -1.01. The number of methoxy groups -OCH3 is 1. The van der Waals surface area contributed by atoms with E-state index in [4.69, 9.17) is 9.84 Å². The first kappa shape index (κ1) is 15.3. The molecule has 3 N–H and O–H groups in total. The summed E-state index contributed by atoms with van der Waals surface area (Å²) in [6.45, 7) is 6.09. The highest BCUT2D eigenvalue weighted by Crippen LogP contribution is 2.31. The lowest BCUT2D eigenvalue weighted by atomic mass is 10.0. The molecule has 0 amide bonds. The van der Waals surface area contributed by atoms with Gasteiger partial charge in [0.2, 0.25) is 0 Å². The van der Waals surface area contributed by atoms with Gasteiger partial charge in [-0.25, -0.2) is 0 Å². The van der Waals surface area contributed by atoms with E-state index in [-0.39, 0.29) is 13.0 Å². The number of carboxylic acids is 1. The maximum Gasteiger partial charge on any atom is 0.306 e. The molecule has 1 aromatic rings. The lowest BCUT2D eigenvalue weighted by molar-refractivity contribution is -0.138. The van der Waals surface area contributed by atoms with E-state index in [9.17, 15) is 9.90 Å². The van der Waals surface area contributed by atoms with Crippen LogP contribution in [0.5, 0.6) is 5.75 Å². The van der Waals surface area contributed by atoms with Gasteiger partial charge in [0.05, 0.1) is 19.6 Å². The van der Waals surface area contributed by atoms with Crippen molar-refractivity contribution in [1.29, 1.82) is 0 Å². The van der Waals surface area contributed by atoms with Crippen LogP contribution >= 0.6 is 0 Å². The number of hydrogen-bond acceptors (Lipinski definition) is 4. The Balaban J connectivity index is 2.82. The number of aliphatic carboxylic acids is 1. The highest BCUT2D eigenvalue weighted by Gasteiger charge is 2.13. The van der Waals surface area contributed by atoms with Crippen molar-refractivity contribution in [3.63, 3.8) is 0 Å². The fraction of sp³-hybridized carbons (Fsp3) is 0.500. The van der Waals surface area contributed by atoms with E-state index in [0.29, 0.717) is 0 Å². The second-order valence-electron chi connectivity index (χ2n) is 4.66. The number of rotatable bonds is 6. The van der Waals surface area contributed by atoms with Gasteiger partial charge in [-0.2, -0.15) is 0 Å². The maximum atomic E-state index is 10.5. The number of hydrogen-bond donors (Lipinski definition) is 3.